The lowest BCUT2D eigenvalue weighted by Crippen LogP contribution is -2.41. The van der Waals surface area contributed by atoms with Crippen LogP contribution in [0.4, 0.5) is 4.79 Å². The Balaban J connectivity index is 1.71. The summed E-state index contributed by atoms with van der Waals surface area (Å²) >= 11 is 0. The number of alkyl carbamates (subject to hydrolysis) is 1. The molecule has 0 saturated carbocycles. The maximum absolute atomic E-state index is 11.6. The molecule has 0 aromatic heterocycles. The van der Waals surface area contributed by atoms with Gasteiger partial charge in [-0.15, -0.1) is 0 Å². The first-order chi connectivity index (χ1) is 9.94. The van der Waals surface area contributed by atoms with Crippen LogP contribution in [0.1, 0.15) is 45.2 Å². The Labute approximate surface area is 127 Å². The van der Waals surface area contributed by atoms with Gasteiger partial charge in [-0.1, -0.05) is 30.3 Å². The lowest BCUT2D eigenvalue weighted by atomic mass is 9.91. The molecule has 4 heteroatoms. The highest BCUT2D eigenvalue weighted by molar-refractivity contribution is 5.67. The Bertz CT molecular complexity index is 446. The monoisotopic (exact) mass is 290 g/mol. The van der Waals surface area contributed by atoms with E-state index in [-0.39, 0.29) is 6.09 Å². The highest BCUT2D eigenvalue weighted by Gasteiger charge is 2.23. The summed E-state index contributed by atoms with van der Waals surface area (Å²) in [7, 11) is 0. The van der Waals surface area contributed by atoms with E-state index in [9.17, 15) is 4.79 Å². The van der Waals surface area contributed by atoms with Crippen LogP contribution >= 0.6 is 0 Å². The Morgan fingerprint density at radius 2 is 2.00 bits per heavy atom. The topological polar surface area (TPSA) is 50.4 Å². The fraction of sp³-hybridized carbons (Fsp3) is 0.588. The average molecular weight is 290 g/mol. The number of piperidine rings is 1. The van der Waals surface area contributed by atoms with Crippen molar-refractivity contribution in [3.8, 4) is 0 Å². The molecular formula is C17H26N2O2. The van der Waals surface area contributed by atoms with Gasteiger partial charge in [0, 0.05) is 19.1 Å². The Kier molecular flexibility index (Phi) is 5.23. The van der Waals surface area contributed by atoms with Gasteiger partial charge in [-0.3, -0.25) is 0 Å². The van der Waals surface area contributed by atoms with Crippen molar-refractivity contribution >= 4 is 6.09 Å². The summed E-state index contributed by atoms with van der Waals surface area (Å²) in [5, 5.41) is 6.43. The van der Waals surface area contributed by atoms with Gasteiger partial charge in [-0.2, -0.15) is 0 Å². The molecule has 2 N–H and O–H groups in total. The molecular weight excluding hydrogens is 264 g/mol. The number of benzene rings is 1. The van der Waals surface area contributed by atoms with Gasteiger partial charge in [-0.25, -0.2) is 4.79 Å². The van der Waals surface area contributed by atoms with Crippen LogP contribution in [0.25, 0.3) is 0 Å². The third-order valence-corrected chi connectivity index (χ3v) is 3.65. The molecule has 1 fully saturated rings. The summed E-state index contributed by atoms with van der Waals surface area (Å²) in [6.07, 6.45) is 1.89. The van der Waals surface area contributed by atoms with E-state index in [0.717, 1.165) is 19.4 Å². The van der Waals surface area contributed by atoms with Gasteiger partial charge >= 0.3 is 6.09 Å². The van der Waals surface area contributed by atoms with Crippen molar-refractivity contribution in [1.29, 1.82) is 0 Å². The maximum Gasteiger partial charge on any atom is 0.407 e. The van der Waals surface area contributed by atoms with Crippen LogP contribution in [0, 0.1) is 5.92 Å². The van der Waals surface area contributed by atoms with Crippen molar-refractivity contribution in [3.63, 3.8) is 0 Å². The number of hydrogen-bond donors (Lipinski definition) is 2. The predicted octanol–water partition coefficient (Wildman–Crippen LogP) is 3.25. The van der Waals surface area contributed by atoms with Gasteiger partial charge in [-0.05, 0) is 45.1 Å². The van der Waals surface area contributed by atoms with E-state index in [1.807, 2.05) is 26.8 Å². The predicted molar refractivity (Wildman–Crippen MR) is 84.1 cm³/mol. The van der Waals surface area contributed by atoms with E-state index >= 15 is 0 Å². The molecule has 0 unspecified atom stereocenters. The SMILES string of the molecule is CC(C)(C)OC(=O)NC[C@@H]1CC[C@H](c2ccccc2)NC1. The van der Waals surface area contributed by atoms with Crippen molar-refractivity contribution in [2.45, 2.75) is 45.3 Å². The lowest BCUT2D eigenvalue weighted by molar-refractivity contribution is 0.0515. The zero-order chi connectivity index (χ0) is 15.3. The maximum atomic E-state index is 11.6. The van der Waals surface area contributed by atoms with Gasteiger partial charge in [0.1, 0.15) is 5.60 Å². The molecule has 21 heavy (non-hydrogen) atoms. The zero-order valence-corrected chi connectivity index (χ0v) is 13.2. The van der Waals surface area contributed by atoms with Crippen LogP contribution < -0.4 is 10.6 Å². The van der Waals surface area contributed by atoms with Crippen molar-refractivity contribution < 1.29 is 9.53 Å². The number of nitrogens with one attached hydrogen (secondary N) is 2. The van der Waals surface area contributed by atoms with E-state index in [0.29, 0.717) is 18.5 Å². The largest absolute Gasteiger partial charge is 0.444 e. The molecule has 2 atom stereocenters. The molecule has 1 aliphatic heterocycles. The number of hydrogen-bond acceptors (Lipinski definition) is 3. The van der Waals surface area contributed by atoms with Gasteiger partial charge in [0.05, 0.1) is 0 Å². The van der Waals surface area contributed by atoms with Crippen molar-refractivity contribution in [2.75, 3.05) is 13.1 Å². The minimum Gasteiger partial charge on any atom is -0.444 e. The number of carbonyl (C=O) groups excluding carboxylic acids is 1. The van der Waals surface area contributed by atoms with Crippen LogP contribution in [0.5, 0.6) is 0 Å². The second-order valence-electron chi connectivity index (χ2n) is 6.70. The second kappa shape index (κ2) is 6.94. The van der Waals surface area contributed by atoms with E-state index in [1.165, 1.54) is 5.56 Å². The summed E-state index contributed by atoms with van der Waals surface area (Å²) in [5.41, 5.74) is 0.906. The van der Waals surface area contributed by atoms with E-state index in [2.05, 4.69) is 34.9 Å². The van der Waals surface area contributed by atoms with Crippen molar-refractivity contribution in [2.24, 2.45) is 5.92 Å². The number of carbonyl (C=O) groups is 1. The van der Waals surface area contributed by atoms with Gasteiger partial charge in [0.15, 0.2) is 0 Å². The Morgan fingerprint density at radius 3 is 2.57 bits per heavy atom. The third kappa shape index (κ3) is 5.38. The molecule has 1 heterocycles. The van der Waals surface area contributed by atoms with Crippen molar-refractivity contribution in [3.05, 3.63) is 35.9 Å². The lowest BCUT2D eigenvalue weighted by Gasteiger charge is -2.30. The van der Waals surface area contributed by atoms with E-state index < -0.39 is 5.60 Å². The minimum atomic E-state index is -0.437. The minimum absolute atomic E-state index is 0.326. The van der Waals surface area contributed by atoms with Gasteiger partial charge in [0.25, 0.3) is 0 Å². The van der Waals surface area contributed by atoms with Crippen LogP contribution in [0.2, 0.25) is 0 Å². The van der Waals surface area contributed by atoms with Crippen LogP contribution in [0.15, 0.2) is 30.3 Å². The van der Waals surface area contributed by atoms with E-state index in [1.54, 1.807) is 0 Å². The Hall–Kier alpha value is -1.55. The molecule has 1 aliphatic rings. The molecule has 0 radical (unpaired) electrons. The highest BCUT2D eigenvalue weighted by Crippen LogP contribution is 2.25. The normalized spacial score (nSPS) is 22.6. The summed E-state index contributed by atoms with van der Waals surface area (Å²) in [5.74, 6) is 0.470. The summed E-state index contributed by atoms with van der Waals surface area (Å²) < 4.78 is 5.25. The first kappa shape index (κ1) is 15.8. The molecule has 1 aromatic carbocycles. The fourth-order valence-electron chi connectivity index (χ4n) is 2.60. The first-order valence-corrected chi connectivity index (χ1v) is 7.69. The Morgan fingerprint density at radius 1 is 1.29 bits per heavy atom. The quantitative estimate of drug-likeness (QED) is 0.898. The second-order valence-corrected chi connectivity index (χ2v) is 6.70. The van der Waals surface area contributed by atoms with Crippen LogP contribution in [-0.2, 0) is 4.74 Å². The molecule has 0 aliphatic carbocycles. The molecule has 1 amide bonds. The van der Waals surface area contributed by atoms with Crippen LogP contribution in [-0.4, -0.2) is 24.8 Å². The van der Waals surface area contributed by atoms with Gasteiger partial charge in [0.2, 0.25) is 0 Å². The van der Waals surface area contributed by atoms with E-state index in [4.69, 9.17) is 4.74 Å². The standard InChI is InChI=1S/C17H26N2O2/c1-17(2,3)21-16(20)19-12-13-9-10-15(18-11-13)14-7-5-4-6-8-14/h4-8,13,15,18H,9-12H2,1-3H3,(H,19,20)/t13-,15-/m1/s1. The molecule has 4 nitrogen and oxygen atoms in total. The number of amides is 1. The summed E-state index contributed by atoms with van der Waals surface area (Å²) in [6.45, 7) is 7.22. The fourth-order valence-corrected chi connectivity index (χ4v) is 2.60. The number of ether oxygens (including phenoxy) is 1. The molecule has 0 bridgehead atoms. The number of rotatable bonds is 3. The molecule has 116 valence electrons. The highest BCUT2D eigenvalue weighted by atomic mass is 16.6. The first-order valence-electron chi connectivity index (χ1n) is 7.69. The van der Waals surface area contributed by atoms with Gasteiger partial charge < -0.3 is 15.4 Å². The average Bonchev–Trinajstić information content (AvgIpc) is 2.45. The molecule has 2 rings (SSSR count). The van der Waals surface area contributed by atoms with Crippen molar-refractivity contribution in [1.82, 2.24) is 10.6 Å². The summed E-state index contributed by atoms with van der Waals surface area (Å²) in [4.78, 5) is 11.6. The summed E-state index contributed by atoms with van der Waals surface area (Å²) in [6, 6.07) is 11.0. The molecule has 1 saturated heterocycles. The molecule has 0 spiro atoms. The zero-order valence-electron chi connectivity index (χ0n) is 13.2. The third-order valence-electron chi connectivity index (χ3n) is 3.65. The molecule has 1 aromatic rings. The smallest absolute Gasteiger partial charge is 0.407 e. The van der Waals surface area contributed by atoms with Crippen LogP contribution in [0.3, 0.4) is 0 Å².